The van der Waals surface area contributed by atoms with Gasteiger partial charge in [-0.15, -0.1) is 0 Å². The Hall–Kier alpha value is -1.66. The Morgan fingerprint density at radius 1 is 1.29 bits per heavy atom. The summed E-state index contributed by atoms with van der Waals surface area (Å²) in [6.45, 7) is 1.26. The van der Waals surface area contributed by atoms with E-state index in [9.17, 15) is 26.7 Å². The van der Waals surface area contributed by atoms with Crippen LogP contribution in [0.15, 0.2) is 35.5 Å². The van der Waals surface area contributed by atoms with Crippen molar-refractivity contribution >= 4 is 5.97 Å². The van der Waals surface area contributed by atoms with Crippen LogP contribution in [0.5, 0.6) is 0 Å². The van der Waals surface area contributed by atoms with Crippen molar-refractivity contribution in [3.63, 3.8) is 0 Å². The van der Waals surface area contributed by atoms with Crippen LogP contribution in [0.4, 0.5) is 22.0 Å². The molecule has 0 fully saturated rings. The summed E-state index contributed by atoms with van der Waals surface area (Å²) in [4.78, 5) is 10.6. The molecule has 0 saturated heterocycles. The largest absolute Gasteiger partial charge is 0.479 e. The highest BCUT2D eigenvalue weighted by Gasteiger charge is 2.57. The molecule has 94 valence electrons. The summed E-state index contributed by atoms with van der Waals surface area (Å²) in [6, 6.07) is 0. The molecule has 2 nitrogen and oxygen atoms in total. The summed E-state index contributed by atoms with van der Waals surface area (Å²) in [5.41, 5.74) is -3.98. The molecule has 0 aliphatic heterocycles. The molecule has 0 spiro atoms. The highest BCUT2D eigenvalue weighted by atomic mass is 19.2. The zero-order valence-electron chi connectivity index (χ0n) is 8.48. The topological polar surface area (TPSA) is 37.3 Å². The van der Waals surface area contributed by atoms with Gasteiger partial charge in [0.05, 0.1) is 5.92 Å². The van der Waals surface area contributed by atoms with Crippen molar-refractivity contribution in [3.05, 3.63) is 35.5 Å². The van der Waals surface area contributed by atoms with Crippen molar-refractivity contribution in [1.82, 2.24) is 0 Å². The molecule has 0 amide bonds. The van der Waals surface area contributed by atoms with Crippen molar-refractivity contribution in [3.8, 4) is 0 Å². The predicted molar refractivity (Wildman–Crippen MR) is 48.3 cm³/mol. The van der Waals surface area contributed by atoms with E-state index in [1.54, 1.807) is 0 Å². The summed E-state index contributed by atoms with van der Waals surface area (Å²) in [5, 5.41) is 8.53. The molecule has 0 radical (unpaired) electrons. The molecule has 1 aliphatic carbocycles. The molecule has 0 saturated carbocycles. The van der Waals surface area contributed by atoms with Gasteiger partial charge in [-0.2, -0.15) is 0 Å². The van der Waals surface area contributed by atoms with Crippen molar-refractivity contribution in [1.29, 1.82) is 0 Å². The third-order valence-electron chi connectivity index (χ3n) is 2.31. The summed E-state index contributed by atoms with van der Waals surface area (Å²) in [5.74, 6) is -14.0. The fourth-order valence-electron chi connectivity index (χ4n) is 1.45. The second kappa shape index (κ2) is 4.31. The van der Waals surface area contributed by atoms with E-state index < -0.39 is 40.9 Å². The van der Waals surface area contributed by atoms with Crippen molar-refractivity contribution in [2.45, 2.75) is 12.6 Å². The number of carboxylic acid groups (broad SMARTS) is 1. The van der Waals surface area contributed by atoms with Gasteiger partial charge in [-0.25, -0.2) is 26.7 Å². The van der Waals surface area contributed by atoms with Crippen LogP contribution < -0.4 is 0 Å². The SMILES string of the molecule is CC=CC1C(F)=C(F)C(F)=C(F)C1(F)C(=O)O. The van der Waals surface area contributed by atoms with Gasteiger partial charge < -0.3 is 5.11 Å². The van der Waals surface area contributed by atoms with Gasteiger partial charge in [0.2, 0.25) is 0 Å². The highest BCUT2D eigenvalue weighted by Crippen LogP contribution is 2.47. The number of rotatable bonds is 2. The van der Waals surface area contributed by atoms with Crippen molar-refractivity contribution in [2.24, 2.45) is 5.92 Å². The summed E-state index contributed by atoms with van der Waals surface area (Å²) in [7, 11) is 0. The monoisotopic (exact) mass is 254 g/mol. The number of carbonyl (C=O) groups is 1. The van der Waals surface area contributed by atoms with Crippen molar-refractivity contribution < 1.29 is 31.9 Å². The van der Waals surface area contributed by atoms with Crippen molar-refractivity contribution in [2.75, 3.05) is 0 Å². The lowest BCUT2D eigenvalue weighted by atomic mass is 9.82. The Morgan fingerprint density at radius 2 is 1.82 bits per heavy atom. The van der Waals surface area contributed by atoms with Crippen LogP contribution in [-0.2, 0) is 4.79 Å². The molecule has 0 bridgehead atoms. The molecule has 0 aromatic rings. The summed E-state index contributed by atoms with van der Waals surface area (Å²) < 4.78 is 65.8. The lowest BCUT2D eigenvalue weighted by Crippen LogP contribution is -2.44. The van der Waals surface area contributed by atoms with E-state index in [2.05, 4.69) is 0 Å². The first-order valence-electron chi connectivity index (χ1n) is 4.44. The van der Waals surface area contributed by atoms with E-state index in [0.29, 0.717) is 6.08 Å². The average Bonchev–Trinajstić information content (AvgIpc) is 2.29. The van der Waals surface area contributed by atoms with Gasteiger partial charge in [0, 0.05) is 0 Å². The van der Waals surface area contributed by atoms with E-state index in [4.69, 9.17) is 5.11 Å². The van der Waals surface area contributed by atoms with E-state index in [1.807, 2.05) is 0 Å². The molecule has 17 heavy (non-hydrogen) atoms. The zero-order valence-corrected chi connectivity index (χ0v) is 8.48. The molecular weight excluding hydrogens is 247 g/mol. The second-order valence-electron chi connectivity index (χ2n) is 3.31. The van der Waals surface area contributed by atoms with Crippen LogP contribution in [0.2, 0.25) is 0 Å². The number of hydrogen-bond acceptors (Lipinski definition) is 1. The fourth-order valence-corrected chi connectivity index (χ4v) is 1.45. The highest BCUT2D eigenvalue weighted by molar-refractivity contribution is 5.83. The smallest absolute Gasteiger partial charge is 0.349 e. The van der Waals surface area contributed by atoms with Gasteiger partial charge >= 0.3 is 5.97 Å². The quantitative estimate of drug-likeness (QED) is 0.606. The zero-order chi connectivity index (χ0) is 13.4. The van der Waals surface area contributed by atoms with Gasteiger partial charge in [0.1, 0.15) is 5.83 Å². The van der Waals surface area contributed by atoms with Gasteiger partial charge in [-0.3, -0.25) is 0 Å². The van der Waals surface area contributed by atoms with E-state index in [1.165, 1.54) is 6.92 Å². The Bertz CT molecular complexity index is 452. The first kappa shape index (κ1) is 13.4. The fraction of sp³-hybridized carbons (Fsp3) is 0.300. The van der Waals surface area contributed by atoms with Crippen LogP contribution in [0.3, 0.4) is 0 Å². The Labute approximate surface area is 92.7 Å². The first-order chi connectivity index (χ1) is 7.78. The number of alkyl halides is 1. The molecule has 2 atom stereocenters. The lowest BCUT2D eigenvalue weighted by Gasteiger charge is -2.28. The maximum Gasteiger partial charge on any atom is 0.349 e. The minimum atomic E-state index is -3.98. The van der Waals surface area contributed by atoms with Crippen LogP contribution in [0.25, 0.3) is 0 Å². The summed E-state index contributed by atoms with van der Waals surface area (Å²) in [6.07, 6.45) is 1.61. The first-order valence-corrected chi connectivity index (χ1v) is 4.44. The Kier molecular flexibility index (Phi) is 3.40. The maximum absolute atomic E-state index is 13.8. The van der Waals surface area contributed by atoms with Gasteiger partial charge in [-0.1, -0.05) is 12.2 Å². The van der Waals surface area contributed by atoms with E-state index >= 15 is 0 Å². The second-order valence-corrected chi connectivity index (χ2v) is 3.31. The Balaban J connectivity index is 3.54. The molecule has 1 N–H and O–H groups in total. The molecule has 0 heterocycles. The van der Waals surface area contributed by atoms with E-state index in [-0.39, 0.29) is 0 Å². The third kappa shape index (κ3) is 1.75. The molecule has 1 aliphatic rings. The van der Waals surface area contributed by atoms with Crippen LogP contribution in [-0.4, -0.2) is 16.7 Å². The van der Waals surface area contributed by atoms with Crippen LogP contribution in [0, 0.1) is 5.92 Å². The lowest BCUT2D eigenvalue weighted by molar-refractivity contribution is -0.152. The normalized spacial score (nSPS) is 30.4. The number of halogens is 5. The number of aliphatic carboxylic acids is 1. The molecule has 7 heteroatoms. The number of hydrogen-bond donors (Lipinski definition) is 1. The number of allylic oxidation sites excluding steroid dienone is 5. The molecule has 0 aromatic carbocycles. The van der Waals surface area contributed by atoms with Gasteiger partial charge in [0.25, 0.3) is 5.67 Å². The van der Waals surface area contributed by atoms with Crippen LogP contribution >= 0.6 is 0 Å². The number of carboxylic acids is 1. The molecule has 0 aromatic heterocycles. The minimum Gasteiger partial charge on any atom is -0.479 e. The van der Waals surface area contributed by atoms with Gasteiger partial charge in [-0.05, 0) is 6.92 Å². The standard InChI is InChI=1S/C10H7F5O2/c1-2-3-4-5(11)6(12)7(13)8(14)10(4,15)9(16)17/h2-4H,1H3,(H,16,17). The van der Waals surface area contributed by atoms with Crippen LogP contribution in [0.1, 0.15) is 6.92 Å². The summed E-state index contributed by atoms with van der Waals surface area (Å²) >= 11 is 0. The third-order valence-corrected chi connectivity index (χ3v) is 2.31. The minimum absolute atomic E-state index is 0.606. The molecular formula is C10H7F5O2. The Morgan fingerprint density at radius 3 is 2.24 bits per heavy atom. The molecule has 1 rings (SSSR count). The maximum atomic E-state index is 13.8. The van der Waals surface area contributed by atoms with E-state index in [0.717, 1.165) is 6.08 Å². The average molecular weight is 254 g/mol. The predicted octanol–water partition coefficient (Wildman–Crippen LogP) is 3.29. The molecule has 2 unspecified atom stereocenters. The van der Waals surface area contributed by atoms with Gasteiger partial charge in [0.15, 0.2) is 17.5 Å².